The second-order valence-corrected chi connectivity index (χ2v) is 6.16. The minimum Gasteiger partial charge on any atom is -0.382 e. The smallest absolute Gasteiger partial charge is 0.150 e. The van der Waals surface area contributed by atoms with Gasteiger partial charge >= 0.3 is 0 Å². The van der Waals surface area contributed by atoms with Gasteiger partial charge in [0.2, 0.25) is 0 Å². The molecular weight excluding hydrogens is 381 g/mol. The lowest BCUT2D eigenvalue weighted by Crippen LogP contribution is -2.08. The van der Waals surface area contributed by atoms with Gasteiger partial charge in [0.25, 0.3) is 0 Å². The number of nitrogens with one attached hydrogen (secondary N) is 1. The molecule has 0 aliphatic rings. The lowest BCUT2D eigenvalue weighted by molar-refractivity contribution is 0.586. The molecular formula is C20H15F3N6. The summed E-state index contributed by atoms with van der Waals surface area (Å²) in [6.07, 6.45) is 0.737. The molecule has 0 spiro atoms. The van der Waals surface area contributed by atoms with E-state index in [4.69, 9.17) is 11.0 Å². The van der Waals surface area contributed by atoms with Gasteiger partial charge in [0.1, 0.15) is 29.0 Å². The van der Waals surface area contributed by atoms with Crippen LogP contribution in [0.25, 0.3) is 5.69 Å². The fourth-order valence-corrected chi connectivity index (χ4v) is 2.83. The molecule has 2 aromatic carbocycles. The Hall–Kier alpha value is -3.98. The summed E-state index contributed by atoms with van der Waals surface area (Å²) in [5, 5.41) is 25.1. The Balaban J connectivity index is 1.70. The van der Waals surface area contributed by atoms with Crippen molar-refractivity contribution >= 4 is 11.5 Å². The van der Waals surface area contributed by atoms with Crippen LogP contribution in [0, 0.1) is 40.1 Å². The zero-order valence-corrected chi connectivity index (χ0v) is 15.1. The topological polar surface area (TPSA) is 103 Å². The predicted molar refractivity (Wildman–Crippen MR) is 101 cm³/mol. The van der Waals surface area contributed by atoms with Crippen molar-refractivity contribution in [3.05, 3.63) is 70.7 Å². The Morgan fingerprint density at radius 3 is 2.28 bits per heavy atom. The van der Waals surface area contributed by atoms with Crippen LogP contribution in [-0.4, -0.2) is 16.3 Å². The van der Waals surface area contributed by atoms with Crippen LogP contribution in [0.1, 0.15) is 23.2 Å². The fraction of sp³-hybridized carbons (Fsp3) is 0.150. The van der Waals surface area contributed by atoms with Crippen molar-refractivity contribution in [2.24, 2.45) is 0 Å². The van der Waals surface area contributed by atoms with Crippen molar-refractivity contribution < 1.29 is 13.2 Å². The van der Waals surface area contributed by atoms with Gasteiger partial charge in [-0.15, -0.1) is 0 Å². The van der Waals surface area contributed by atoms with E-state index in [0.29, 0.717) is 24.2 Å². The molecule has 1 heterocycles. The number of aromatic nitrogens is 2. The van der Waals surface area contributed by atoms with Gasteiger partial charge in [0.05, 0.1) is 23.0 Å². The van der Waals surface area contributed by atoms with Gasteiger partial charge in [-0.3, -0.25) is 0 Å². The van der Waals surface area contributed by atoms with Gasteiger partial charge in [-0.25, -0.2) is 17.9 Å². The summed E-state index contributed by atoms with van der Waals surface area (Å²) in [5.41, 5.74) is 6.70. The normalized spacial score (nSPS) is 10.4. The standard InChI is InChI=1S/C20H15F3N6/c21-13-3-5-14(6-4-13)29-20(26)15(11-25)18(28-29)2-1-7-27-19-16(22)8-12(10-24)9-17(19)23/h3-6,8-9,27H,1-2,7,26H2. The van der Waals surface area contributed by atoms with Crippen molar-refractivity contribution in [1.82, 2.24) is 9.78 Å². The molecule has 0 aliphatic carbocycles. The van der Waals surface area contributed by atoms with Crippen molar-refractivity contribution in [2.45, 2.75) is 12.8 Å². The van der Waals surface area contributed by atoms with Crippen LogP contribution in [0.2, 0.25) is 0 Å². The van der Waals surface area contributed by atoms with E-state index in [2.05, 4.69) is 10.4 Å². The van der Waals surface area contributed by atoms with Crippen LogP contribution >= 0.6 is 0 Å². The zero-order chi connectivity index (χ0) is 21.0. The average molecular weight is 396 g/mol. The highest BCUT2D eigenvalue weighted by Crippen LogP contribution is 2.23. The molecule has 0 bridgehead atoms. The molecule has 29 heavy (non-hydrogen) atoms. The lowest BCUT2D eigenvalue weighted by atomic mass is 10.1. The first-order chi connectivity index (χ1) is 13.9. The van der Waals surface area contributed by atoms with Crippen LogP contribution in [0.5, 0.6) is 0 Å². The number of hydrogen-bond acceptors (Lipinski definition) is 5. The number of nitriles is 2. The molecule has 0 aliphatic heterocycles. The molecule has 0 unspecified atom stereocenters. The lowest BCUT2D eigenvalue weighted by Gasteiger charge is -2.08. The molecule has 1 aromatic heterocycles. The number of aryl methyl sites for hydroxylation is 1. The molecule has 0 atom stereocenters. The Morgan fingerprint density at radius 2 is 1.69 bits per heavy atom. The van der Waals surface area contributed by atoms with Crippen molar-refractivity contribution in [1.29, 1.82) is 10.5 Å². The molecule has 3 aromatic rings. The van der Waals surface area contributed by atoms with Crippen LogP contribution < -0.4 is 11.1 Å². The van der Waals surface area contributed by atoms with Crippen molar-refractivity contribution in [3.63, 3.8) is 0 Å². The third kappa shape index (κ3) is 4.14. The molecule has 0 radical (unpaired) electrons. The molecule has 146 valence electrons. The highest BCUT2D eigenvalue weighted by atomic mass is 19.1. The number of nitrogens with two attached hydrogens (primary N) is 1. The maximum absolute atomic E-state index is 13.9. The third-order valence-corrected chi connectivity index (χ3v) is 4.24. The van der Waals surface area contributed by atoms with Gasteiger partial charge in [0, 0.05) is 6.54 Å². The number of nitrogen functional groups attached to an aromatic ring is 1. The second-order valence-electron chi connectivity index (χ2n) is 6.16. The Morgan fingerprint density at radius 1 is 1.03 bits per heavy atom. The highest BCUT2D eigenvalue weighted by molar-refractivity contribution is 5.56. The first-order valence-corrected chi connectivity index (χ1v) is 8.61. The summed E-state index contributed by atoms with van der Waals surface area (Å²) < 4.78 is 42.2. The summed E-state index contributed by atoms with van der Waals surface area (Å²) in [6, 6.07) is 11.1. The monoisotopic (exact) mass is 396 g/mol. The number of rotatable bonds is 6. The predicted octanol–water partition coefficient (Wildman–Crippen LogP) is 3.66. The average Bonchev–Trinajstić information content (AvgIpc) is 3.02. The largest absolute Gasteiger partial charge is 0.382 e. The first kappa shape index (κ1) is 19.8. The van der Waals surface area contributed by atoms with Crippen molar-refractivity contribution in [2.75, 3.05) is 17.6 Å². The number of halogens is 3. The van der Waals surface area contributed by atoms with E-state index < -0.39 is 17.5 Å². The van der Waals surface area contributed by atoms with Gasteiger partial charge in [0.15, 0.2) is 11.6 Å². The quantitative estimate of drug-likeness (QED) is 0.619. The van der Waals surface area contributed by atoms with E-state index >= 15 is 0 Å². The molecule has 6 nitrogen and oxygen atoms in total. The van der Waals surface area contributed by atoms with E-state index in [1.807, 2.05) is 6.07 Å². The van der Waals surface area contributed by atoms with Gasteiger partial charge < -0.3 is 11.1 Å². The summed E-state index contributed by atoms with van der Waals surface area (Å²) >= 11 is 0. The molecule has 0 amide bonds. The Labute approximate surface area is 164 Å². The minimum absolute atomic E-state index is 0.106. The van der Waals surface area contributed by atoms with E-state index in [0.717, 1.165) is 12.1 Å². The number of anilines is 2. The van der Waals surface area contributed by atoms with E-state index in [1.165, 1.54) is 28.9 Å². The Kier molecular flexibility index (Phi) is 5.70. The second kappa shape index (κ2) is 8.36. The maximum atomic E-state index is 13.9. The molecule has 0 fully saturated rings. The van der Waals surface area contributed by atoms with E-state index in [1.54, 1.807) is 6.07 Å². The van der Waals surface area contributed by atoms with Crippen molar-refractivity contribution in [3.8, 4) is 17.8 Å². The van der Waals surface area contributed by atoms with Crippen LogP contribution in [0.3, 0.4) is 0 Å². The highest BCUT2D eigenvalue weighted by Gasteiger charge is 2.17. The zero-order valence-electron chi connectivity index (χ0n) is 15.1. The van der Waals surface area contributed by atoms with Crippen LogP contribution in [0.15, 0.2) is 36.4 Å². The molecule has 0 saturated heterocycles. The number of hydrogen-bond donors (Lipinski definition) is 2. The van der Waals surface area contributed by atoms with Gasteiger partial charge in [-0.2, -0.15) is 15.6 Å². The van der Waals surface area contributed by atoms with Gasteiger partial charge in [-0.05, 0) is 49.2 Å². The summed E-state index contributed by atoms with van der Waals surface area (Å²) in [7, 11) is 0. The number of nitrogens with zero attached hydrogens (tertiary/aromatic N) is 4. The van der Waals surface area contributed by atoms with E-state index in [9.17, 15) is 18.4 Å². The number of benzene rings is 2. The minimum atomic E-state index is -0.857. The molecule has 9 heteroatoms. The van der Waals surface area contributed by atoms with Crippen LogP contribution in [-0.2, 0) is 6.42 Å². The van der Waals surface area contributed by atoms with E-state index in [-0.39, 0.29) is 29.2 Å². The SMILES string of the molecule is N#Cc1cc(F)c(NCCCc2nn(-c3ccc(F)cc3)c(N)c2C#N)c(F)c1. The fourth-order valence-electron chi connectivity index (χ4n) is 2.83. The summed E-state index contributed by atoms with van der Waals surface area (Å²) in [6.45, 7) is 0.202. The first-order valence-electron chi connectivity index (χ1n) is 8.61. The molecule has 3 rings (SSSR count). The summed E-state index contributed by atoms with van der Waals surface area (Å²) in [5.74, 6) is -1.99. The van der Waals surface area contributed by atoms with Crippen LogP contribution in [0.4, 0.5) is 24.7 Å². The Bertz CT molecular complexity index is 1100. The molecule has 3 N–H and O–H groups in total. The van der Waals surface area contributed by atoms with Gasteiger partial charge in [-0.1, -0.05) is 0 Å². The summed E-state index contributed by atoms with van der Waals surface area (Å²) in [4.78, 5) is 0. The third-order valence-electron chi connectivity index (χ3n) is 4.24. The maximum Gasteiger partial charge on any atom is 0.150 e. The molecule has 0 saturated carbocycles.